The topological polar surface area (TPSA) is 51.8 Å². The lowest BCUT2D eigenvalue weighted by molar-refractivity contribution is 0.143. The third kappa shape index (κ3) is 4.80. The zero-order valence-electron chi connectivity index (χ0n) is 15.3. The van der Waals surface area contributed by atoms with E-state index in [0.717, 1.165) is 32.5 Å². The van der Waals surface area contributed by atoms with Crippen LogP contribution in [0.1, 0.15) is 12.0 Å². The van der Waals surface area contributed by atoms with Crippen molar-refractivity contribution in [1.82, 2.24) is 19.1 Å². The Kier molecular flexibility index (Phi) is 6.57. The van der Waals surface area contributed by atoms with Gasteiger partial charge in [-0.3, -0.25) is 9.30 Å². The molecule has 0 N–H and O–H groups in total. The number of hydrogen-bond donors (Lipinski definition) is 0. The van der Waals surface area contributed by atoms with Crippen LogP contribution in [-0.4, -0.2) is 52.4 Å². The van der Waals surface area contributed by atoms with Crippen LogP contribution in [0.15, 0.2) is 59.5 Å². The van der Waals surface area contributed by atoms with E-state index in [9.17, 15) is 4.79 Å². The van der Waals surface area contributed by atoms with Crippen LogP contribution in [0.2, 0.25) is 0 Å². The number of fused-ring (bicyclic) bond motifs is 1. The highest BCUT2D eigenvalue weighted by Crippen LogP contribution is 2.04. The molecule has 26 heavy (non-hydrogen) atoms. The summed E-state index contributed by atoms with van der Waals surface area (Å²) in [5.41, 5.74) is 1.96. The molecule has 3 aromatic rings. The third-order valence-electron chi connectivity index (χ3n) is 4.51. The Balaban J connectivity index is 1.56. The van der Waals surface area contributed by atoms with Gasteiger partial charge in [-0.25, -0.2) is 9.48 Å². The monoisotopic (exact) mass is 354 g/mol. The van der Waals surface area contributed by atoms with E-state index in [1.807, 2.05) is 24.3 Å². The van der Waals surface area contributed by atoms with Gasteiger partial charge in [0.2, 0.25) is 0 Å². The molecule has 0 aliphatic heterocycles. The van der Waals surface area contributed by atoms with E-state index in [1.165, 1.54) is 5.56 Å². The van der Waals surface area contributed by atoms with E-state index in [2.05, 4.69) is 34.3 Å². The highest BCUT2D eigenvalue weighted by molar-refractivity contribution is 5.35. The first-order chi connectivity index (χ1) is 12.8. The quantitative estimate of drug-likeness (QED) is 0.559. The van der Waals surface area contributed by atoms with Gasteiger partial charge in [-0.05, 0) is 37.1 Å². The minimum Gasteiger partial charge on any atom is -0.383 e. The Labute approximate surface area is 153 Å². The first kappa shape index (κ1) is 18.4. The number of methoxy groups -OCH3 is 1. The number of hydrogen-bond acceptors (Lipinski definition) is 4. The van der Waals surface area contributed by atoms with Gasteiger partial charge in [0.25, 0.3) is 0 Å². The SMILES string of the molecule is COCCN(CCCc1ccccc1)CCn1nc2ccccn2c1=O. The third-order valence-corrected chi connectivity index (χ3v) is 4.51. The van der Waals surface area contributed by atoms with Crippen LogP contribution >= 0.6 is 0 Å². The lowest BCUT2D eigenvalue weighted by atomic mass is 10.1. The maximum Gasteiger partial charge on any atom is 0.350 e. The molecule has 0 spiro atoms. The van der Waals surface area contributed by atoms with Gasteiger partial charge in [0.05, 0.1) is 13.2 Å². The van der Waals surface area contributed by atoms with Crippen molar-refractivity contribution >= 4 is 5.65 Å². The van der Waals surface area contributed by atoms with Gasteiger partial charge >= 0.3 is 5.69 Å². The van der Waals surface area contributed by atoms with Crippen molar-refractivity contribution < 1.29 is 4.74 Å². The second kappa shape index (κ2) is 9.31. The Hall–Kier alpha value is -2.44. The van der Waals surface area contributed by atoms with Gasteiger partial charge in [0.15, 0.2) is 5.65 Å². The van der Waals surface area contributed by atoms with Crippen molar-refractivity contribution in [3.05, 3.63) is 70.8 Å². The van der Waals surface area contributed by atoms with Crippen molar-refractivity contribution in [3.8, 4) is 0 Å². The normalized spacial score (nSPS) is 11.5. The minimum atomic E-state index is -0.0865. The average Bonchev–Trinajstić information content (AvgIpc) is 3.00. The fourth-order valence-electron chi connectivity index (χ4n) is 3.06. The summed E-state index contributed by atoms with van der Waals surface area (Å²) >= 11 is 0. The van der Waals surface area contributed by atoms with E-state index < -0.39 is 0 Å². The van der Waals surface area contributed by atoms with Gasteiger partial charge < -0.3 is 4.74 Å². The molecule has 3 rings (SSSR count). The van der Waals surface area contributed by atoms with Crippen molar-refractivity contribution in [2.24, 2.45) is 0 Å². The maximum absolute atomic E-state index is 12.4. The van der Waals surface area contributed by atoms with Gasteiger partial charge in [-0.2, -0.15) is 0 Å². The van der Waals surface area contributed by atoms with Crippen LogP contribution in [0.4, 0.5) is 0 Å². The molecule has 2 heterocycles. The number of benzene rings is 1. The second-order valence-electron chi connectivity index (χ2n) is 6.36. The number of aromatic nitrogens is 3. The molecule has 138 valence electrons. The fraction of sp³-hybridized carbons (Fsp3) is 0.400. The van der Waals surface area contributed by atoms with Crippen LogP contribution in [-0.2, 0) is 17.7 Å². The standard InChI is InChI=1S/C20H26N4O2/c1-26-17-16-22(12-7-10-18-8-3-2-4-9-18)14-15-24-20(25)23-13-6-5-11-19(23)21-24/h2-6,8-9,11,13H,7,10,12,14-17H2,1H3. The second-order valence-corrected chi connectivity index (χ2v) is 6.36. The molecule has 0 saturated heterocycles. The molecule has 0 unspecified atom stereocenters. The highest BCUT2D eigenvalue weighted by Gasteiger charge is 2.09. The molecule has 0 amide bonds. The molecule has 0 saturated carbocycles. The van der Waals surface area contributed by atoms with Crippen LogP contribution in [0, 0.1) is 0 Å². The number of nitrogens with zero attached hydrogens (tertiary/aromatic N) is 4. The molecule has 6 nitrogen and oxygen atoms in total. The minimum absolute atomic E-state index is 0.0865. The fourth-order valence-corrected chi connectivity index (χ4v) is 3.06. The van der Waals surface area contributed by atoms with Crippen molar-refractivity contribution in [1.29, 1.82) is 0 Å². The molecular formula is C20H26N4O2. The molecular weight excluding hydrogens is 328 g/mol. The van der Waals surface area contributed by atoms with Gasteiger partial charge in [-0.15, -0.1) is 5.10 Å². The van der Waals surface area contributed by atoms with Crippen molar-refractivity contribution in [2.45, 2.75) is 19.4 Å². The number of rotatable bonds is 10. The summed E-state index contributed by atoms with van der Waals surface area (Å²) in [5.74, 6) is 0. The Bertz CT molecular complexity index is 857. The summed E-state index contributed by atoms with van der Waals surface area (Å²) in [6, 6.07) is 16.1. The van der Waals surface area contributed by atoms with Crippen molar-refractivity contribution in [2.75, 3.05) is 33.4 Å². The predicted molar refractivity (Wildman–Crippen MR) is 103 cm³/mol. The highest BCUT2D eigenvalue weighted by atomic mass is 16.5. The Morgan fingerprint density at radius 1 is 1.04 bits per heavy atom. The number of pyridine rings is 1. The lowest BCUT2D eigenvalue weighted by Gasteiger charge is -2.21. The molecule has 0 bridgehead atoms. The van der Waals surface area contributed by atoms with Gasteiger partial charge in [0, 0.05) is 26.4 Å². The molecule has 2 aromatic heterocycles. The molecule has 1 aromatic carbocycles. The summed E-state index contributed by atoms with van der Waals surface area (Å²) in [6.07, 6.45) is 3.89. The van der Waals surface area contributed by atoms with E-state index in [0.29, 0.717) is 18.8 Å². The first-order valence-electron chi connectivity index (χ1n) is 9.07. The lowest BCUT2D eigenvalue weighted by Crippen LogP contribution is -2.34. The first-order valence-corrected chi connectivity index (χ1v) is 9.07. The number of aryl methyl sites for hydroxylation is 1. The van der Waals surface area contributed by atoms with Gasteiger partial charge in [-0.1, -0.05) is 36.4 Å². The van der Waals surface area contributed by atoms with E-state index >= 15 is 0 Å². The molecule has 0 atom stereocenters. The van der Waals surface area contributed by atoms with Crippen LogP contribution in [0.5, 0.6) is 0 Å². The Morgan fingerprint density at radius 2 is 1.85 bits per heavy atom. The van der Waals surface area contributed by atoms with Gasteiger partial charge in [0.1, 0.15) is 0 Å². The molecule has 0 aliphatic carbocycles. The number of ether oxygens (including phenoxy) is 1. The zero-order chi connectivity index (χ0) is 18.2. The largest absolute Gasteiger partial charge is 0.383 e. The summed E-state index contributed by atoms with van der Waals surface area (Å²) in [7, 11) is 1.72. The zero-order valence-corrected chi connectivity index (χ0v) is 15.3. The summed E-state index contributed by atoms with van der Waals surface area (Å²) in [5, 5.41) is 4.40. The Morgan fingerprint density at radius 3 is 2.62 bits per heavy atom. The van der Waals surface area contributed by atoms with E-state index in [-0.39, 0.29) is 5.69 Å². The maximum atomic E-state index is 12.4. The molecule has 6 heteroatoms. The van der Waals surface area contributed by atoms with Crippen LogP contribution < -0.4 is 5.69 Å². The molecule has 0 fully saturated rings. The van der Waals surface area contributed by atoms with Crippen LogP contribution in [0.25, 0.3) is 5.65 Å². The summed E-state index contributed by atoms with van der Waals surface area (Å²) in [6.45, 7) is 3.87. The molecule has 0 aliphatic rings. The molecule has 0 radical (unpaired) electrons. The van der Waals surface area contributed by atoms with Crippen molar-refractivity contribution in [3.63, 3.8) is 0 Å². The smallest absolute Gasteiger partial charge is 0.350 e. The van der Waals surface area contributed by atoms with E-state index in [4.69, 9.17) is 4.74 Å². The summed E-state index contributed by atoms with van der Waals surface area (Å²) in [4.78, 5) is 14.7. The summed E-state index contributed by atoms with van der Waals surface area (Å²) < 4.78 is 8.36. The predicted octanol–water partition coefficient (Wildman–Crippen LogP) is 2.08. The average molecular weight is 354 g/mol. The van der Waals surface area contributed by atoms with Crippen LogP contribution in [0.3, 0.4) is 0 Å². The van der Waals surface area contributed by atoms with E-state index in [1.54, 1.807) is 22.4 Å².